The lowest BCUT2D eigenvalue weighted by molar-refractivity contribution is 0.476. The van der Waals surface area contributed by atoms with E-state index in [-0.39, 0.29) is 10.8 Å². The molecule has 2 heteroatoms. The Hall–Kier alpha value is -5.86. The van der Waals surface area contributed by atoms with Crippen LogP contribution in [-0.2, 0) is 10.8 Å². The van der Waals surface area contributed by atoms with Crippen LogP contribution in [-0.4, -0.2) is 5.11 Å². The van der Waals surface area contributed by atoms with Crippen molar-refractivity contribution in [2.45, 2.75) is 38.5 Å². The molecule has 7 aromatic carbocycles. The fraction of sp³-hybridized carbons (Fsp3) is 0.125. The van der Waals surface area contributed by atoms with Crippen LogP contribution in [0.2, 0.25) is 0 Å². The Labute approximate surface area is 295 Å². The average molecular weight is 646 g/mol. The number of hydrogen-bond donors (Lipinski definition) is 1. The maximum atomic E-state index is 11.0. The van der Waals surface area contributed by atoms with E-state index in [1.54, 1.807) is 0 Å². The van der Waals surface area contributed by atoms with Crippen LogP contribution in [0.15, 0.2) is 158 Å². The van der Waals surface area contributed by atoms with E-state index in [4.69, 9.17) is 0 Å². The molecule has 2 aliphatic rings. The molecule has 0 aromatic heterocycles. The number of fused-ring (bicyclic) bond motifs is 6. The second-order valence-corrected chi connectivity index (χ2v) is 14.8. The summed E-state index contributed by atoms with van der Waals surface area (Å²) in [6.45, 7) is 9.23. The van der Waals surface area contributed by atoms with E-state index in [9.17, 15) is 5.11 Å². The molecule has 0 radical (unpaired) electrons. The molecule has 2 nitrogen and oxygen atoms in total. The molecule has 50 heavy (non-hydrogen) atoms. The van der Waals surface area contributed by atoms with Crippen molar-refractivity contribution in [3.05, 3.63) is 180 Å². The van der Waals surface area contributed by atoms with Gasteiger partial charge in [-0.25, -0.2) is 0 Å². The molecule has 0 bridgehead atoms. The molecule has 0 atom stereocenters. The summed E-state index contributed by atoms with van der Waals surface area (Å²) in [5.41, 5.74) is 17.5. The van der Waals surface area contributed by atoms with E-state index in [2.05, 4.69) is 178 Å². The Morgan fingerprint density at radius 1 is 0.380 bits per heavy atom. The largest absolute Gasteiger partial charge is 0.507 e. The van der Waals surface area contributed by atoms with Crippen LogP contribution >= 0.6 is 0 Å². The lowest BCUT2D eigenvalue weighted by Gasteiger charge is -2.28. The summed E-state index contributed by atoms with van der Waals surface area (Å²) in [4.78, 5) is 2.38. The molecule has 0 saturated heterocycles. The molecule has 242 valence electrons. The number of phenols is 1. The van der Waals surface area contributed by atoms with Crippen molar-refractivity contribution in [1.29, 1.82) is 0 Å². The molecule has 9 rings (SSSR count). The molecule has 0 heterocycles. The summed E-state index contributed by atoms with van der Waals surface area (Å²) in [5, 5.41) is 11.0. The molecule has 0 fully saturated rings. The SMILES string of the molecule is CC1(C)c2cc(N(c3ccc(-c4ccccc4)cc3)c3ccc(-c4ccccc4)cc3)ccc2-c2cc3c(cc21)-c1c(O)cccc1C3(C)C. The van der Waals surface area contributed by atoms with Crippen molar-refractivity contribution < 1.29 is 5.11 Å². The third-order valence-corrected chi connectivity index (χ3v) is 11.2. The van der Waals surface area contributed by atoms with Crippen LogP contribution in [0.5, 0.6) is 5.75 Å². The van der Waals surface area contributed by atoms with Gasteiger partial charge in [0.05, 0.1) is 0 Å². The summed E-state index contributed by atoms with van der Waals surface area (Å²) in [6, 6.07) is 56.6. The molecular formula is C48H39NO. The van der Waals surface area contributed by atoms with Crippen molar-refractivity contribution in [2.24, 2.45) is 0 Å². The minimum Gasteiger partial charge on any atom is -0.507 e. The normalized spacial score (nSPS) is 14.4. The second kappa shape index (κ2) is 11.1. The number of benzene rings is 7. The van der Waals surface area contributed by atoms with Crippen molar-refractivity contribution >= 4 is 17.1 Å². The molecular weight excluding hydrogens is 607 g/mol. The van der Waals surface area contributed by atoms with Gasteiger partial charge in [0.25, 0.3) is 0 Å². The van der Waals surface area contributed by atoms with Gasteiger partial charge in [0.2, 0.25) is 0 Å². The fourth-order valence-electron chi connectivity index (χ4n) is 8.44. The number of anilines is 3. The van der Waals surface area contributed by atoms with Gasteiger partial charge in [0, 0.05) is 33.5 Å². The highest BCUT2D eigenvalue weighted by Gasteiger charge is 2.42. The number of rotatable bonds is 5. The van der Waals surface area contributed by atoms with E-state index in [0.29, 0.717) is 5.75 Å². The van der Waals surface area contributed by atoms with Gasteiger partial charge in [-0.1, -0.05) is 131 Å². The second-order valence-electron chi connectivity index (χ2n) is 14.8. The smallest absolute Gasteiger partial charge is 0.123 e. The van der Waals surface area contributed by atoms with Gasteiger partial charge in [0.1, 0.15) is 5.75 Å². The van der Waals surface area contributed by atoms with E-state index in [0.717, 1.165) is 28.2 Å². The molecule has 0 aliphatic heterocycles. The van der Waals surface area contributed by atoms with Crippen LogP contribution in [0.4, 0.5) is 17.1 Å². The fourth-order valence-corrected chi connectivity index (χ4v) is 8.44. The number of nitrogens with zero attached hydrogens (tertiary/aromatic N) is 1. The predicted molar refractivity (Wildman–Crippen MR) is 209 cm³/mol. The molecule has 1 N–H and O–H groups in total. The Morgan fingerprint density at radius 2 is 0.840 bits per heavy atom. The first-order valence-corrected chi connectivity index (χ1v) is 17.5. The number of hydrogen-bond acceptors (Lipinski definition) is 2. The molecule has 0 spiro atoms. The van der Waals surface area contributed by atoms with Gasteiger partial charge in [-0.05, 0) is 116 Å². The van der Waals surface area contributed by atoms with Gasteiger partial charge in [-0.3, -0.25) is 0 Å². The zero-order valence-corrected chi connectivity index (χ0v) is 28.9. The standard InChI is InChI=1S/C48H39NO/c1-47(2)41-16-11-17-45(50)46(41)40-30-43-39(29-44(40)47)38-27-26-37(28-42(38)48(43,3)4)49(35-22-18-33(19-23-35)31-12-7-5-8-13-31)36-24-20-34(21-25-36)32-14-9-6-10-15-32/h5-30,50H,1-4H3. The van der Waals surface area contributed by atoms with Crippen LogP contribution in [0.3, 0.4) is 0 Å². The van der Waals surface area contributed by atoms with Gasteiger partial charge in [-0.15, -0.1) is 0 Å². The highest BCUT2D eigenvalue weighted by Crippen LogP contribution is 2.58. The lowest BCUT2D eigenvalue weighted by Crippen LogP contribution is -2.17. The summed E-state index contributed by atoms with van der Waals surface area (Å²) >= 11 is 0. The van der Waals surface area contributed by atoms with Crippen LogP contribution in [0.1, 0.15) is 49.9 Å². The van der Waals surface area contributed by atoms with Gasteiger partial charge in [-0.2, -0.15) is 0 Å². The van der Waals surface area contributed by atoms with Crippen molar-refractivity contribution in [3.63, 3.8) is 0 Å². The van der Waals surface area contributed by atoms with Gasteiger partial charge >= 0.3 is 0 Å². The third-order valence-electron chi connectivity index (χ3n) is 11.2. The average Bonchev–Trinajstić information content (AvgIpc) is 3.51. The van der Waals surface area contributed by atoms with Crippen molar-refractivity contribution in [1.82, 2.24) is 0 Å². The van der Waals surface area contributed by atoms with E-state index in [1.807, 2.05) is 12.1 Å². The summed E-state index contributed by atoms with van der Waals surface area (Å²) in [5.74, 6) is 0.358. The predicted octanol–water partition coefficient (Wildman–Crippen LogP) is 12.8. The maximum Gasteiger partial charge on any atom is 0.123 e. The summed E-state index contributed by atoms with van der Waals surface area (Å²) in [7, 11) is 0. The zero-order chi connectivity index (χ0) is 34.2. The van der Waals surface area contributed by atoms with Gasteiger partial charge in [0.15, 0.2) is 0 Å². The van der Waals surface area contributed by atoms with Gasteiger partial charge < -0.3 is 10.0 Å². The molecule has 0 saturated carbocycles. The van der Waals surface area contributed by atoms with Crippen molar-refractivity contribution in [3.8, 4) is 50.3 Å². The number of aromatic hydroxyl groups is 1. The topological polar surface area (TPSA) is 23.5 Å². The highest BCUT2D eigenvalue weighted by molar-refractivity contribution is 5.92. The Kier molecular flexibility index (Phi) is 6.70. The highest BCUT2D eigenvalue weighted by atomic mass is 16.3. The first kappa shape index (κ1) is 30.2. The quantitative estimate of drug-likeness (QED) is 0.201. The molecule has 0 unspecified atom stereocenters. The van der Waals surface area contributed by atoms with Crippen molar-refractivity contribution in [2.75, 3.05) is 4.90 Å². The van der Waals surface area contributed by atoms with E-state index < -0.39 is 0 Å². The Morgan fingerprint density at radius 3 is 1.42 bits per heavy atom. The van der Waals surface area contributed by atoms with E-state index >= 15 is 0 Å². The molecule has 2 aliphatic carbocycles. The minimum atomic E-state index is -0.229. The summed E-state index contributed by atoms with van der Waals surface area (Å²) in [6.07, 6.45) is 0. The monoisotopic (exact) mass is 645 g/mol. The maximum absolute atomic E-state index is 11.0. The molecule has 7 aromatic rings. The Bertz CT molecular complexity index is 2320. The summed E-state index contributed by atoms with van der Waals surface area (Å²) < 4.78 is 0. The first-order chi connectivity index (χ1) is 24.2. The minimum absolute atomic E-state index is 0.195. The first-order valence-electron chi connectivity index (χ1n) is 17.5. The van der Waals surface area contributed by atoms with Crippen LogP contribution in [0.25, 0.3) is 44.5 Å². The lowest BCUT2D eigenvalue weighted by atomic mass is 9.79. The van der Waals surface area contributed by atoms with Crippen LogP contribution in [0, 0.1) is 0 Å². The van der Waals surface area contributed by atoms with Crippen LogP contribution < -0.4 is 4.90 Å². The number of phenolic OH excluding ortho intramolecular Hbond substituents is 1. The zero-order valence-electron chi connectivity index (χ0n) is 28.9. The third kappa shape index (κ3) is 4.55. The van der Waals surface area contributed by atoms with E-state index in [1.165, 1.54) is 55.6 Å². The molecule has 0 amide bonds. The Balaban J connectivity index is 1.17.